The Morgan fingerprint density at radius 1 is 1.20 bits per heavy atom. The van der Waals surface area contributed by atoms with Gasteiger partial charge in [-0.3, -0.25) is 14.5 Å². The van der Waals surface area contributed by atoms with Gasteiger partial charge in [-0.2, -0.15) is 5.26 Å². The molecule has 1 heterocycles. The van der Waals surface area contributed by atoms with E-state index in [4.69, 9.17) is 10.00 Å². The van der Waals surface area contributed by atoms with Gasteiger partial charge in [-0.25, -0.2) is 4.79 Å². The molecule has 2 rings (SSSR count). The second-order valence-corrected chi connectivity index (χ2v) is 4.41. The van der Waals surface area contributed by atoms with Crippen LogP contribution in [0.2, 0.25) is 0 Å². The van der Waals surface area contributed by atoms with Crippen LogP contribution in [0.4, 0.5) is 0 Å². The van der Waals surface area contributed by atoms with Gasteiger partial charge < -0.3 is 4.74 Å². The zero-order chi connectivity index (χ0) is 14.9. The van der Waals surface area contributed by atoms with Crippen LogP contribution in [-0.4, -0.2) is 34.8 Å². The van der Waals surface area contributed by atoms with Gasteiger partial charge in [0.05, 0.1) is 11.1 Å². The van der Waals surface area contributed by atoms with Crippen LogP contribution in [0.5, 0.6) is 0 Å². The molecule has 0 unspecified atom stereocenters. The van der Waals surface area contributed by atoms with Crippen LogP contribution >= 0.6 is 0 Å². The number of nitrogens with zero attached hydrogens (tertiary/aromatic N) is 2. The molecule has 6 nitrogen and oxygen atoms in total. The number of ether oxygens (including phenoxy) is 1. The molecule has 0 fully saturated rings. The second kappa shape index (κ2) is 5.13. The average Bonchev–Trinajstić information content (AvgIpc) is 2.70. The third kappa shape index (κ3) is 2.14. The first kappa shape index (κ1) is 13.7. The minimum absolute atomic E-state index is 0.269. The molecule has 0 aromatic heterocycles. The summed E-state index contributed by atoms with van der Waals surface area (Å²) in [6, 6.07) is 7.04. The van der Waals surface area contributed by atoms with Gasteiger partial charge in [0.15, 0.2) is 6.10 Å². The molecule has 6 heteroatoms. The zero-order valence-corrected chi connectivity index (χ0v) is 11.0. The normalized spacial score (nSPS) is 16.4. The molecule has 102 valence electrons. The molecule has 0 aliphatic carbocycles. The molecule has 2 amide bonds. The molecule has 1 aromatic rings. The molecule has 0 N–H and O–H groups in total. The van der Waals surface area contributed by atoms with Gasteiger partial charge in [-0.05, 0) is 26.0 Å². The summed E-state index contributed by atoms with van der Waals surface area (Å²) >= 11 is 0. The molecule has 0 radical (unpaired) electrons. The van der Waals surface area contributed by atoms with E-state index in [9.17, 15) is 14.4 Å². The Morgan fingerprint density at radius 2 is 1.70 bits per heavy atom. The maximum atomic E-state index is 12.1. The van der Waals surface area contributed by atoms with Gasteiger partial charge in [-0.1, -0.05) is 12.1 Å². The number of fused-ring (bicyclic) bond motifs is 1. The van der Waals surface area contributed by atoms with E-state index in [2.05, 4.69) is 0 Å². The van der Waals surface area contributed by atoms with Crippen LogP contribution in [-0.2, 0) is 9.53 Å². The first-order valence-corrected chi connectivity index (χ1v) is 6.04. The van der Waals surface area contributed by atoms with E-state index in [0.717, 1.165) is 4.90 Å². The van der Waals surface area contributed by atoms with Gasteiger partial charge in [0.1, 0.15) is 12.1 Å². The molecule has 1 aromatic carbocycles. The van der Waals surface area contributed by atoms with E-state index >= 15 is 0 Å². The minimum Gasteiger partial charge on any atom is -0.446 e. The maximum absolute atomic E-state index is 12.1. The van der Waals surface area contributed by atoms with Crippen molar-refractivity contribution in [2.75, 3.05) is 0 Å². The summed E-state index contributed by atoms with van der Waals surface area (Å²) in [5, 5.41) is 8.60. The van der Waals surface area contributed by atoms with Gasteiger partial charge >= 0.3 is 5.97 Å². The smallest absolute Gasteiger partial charge is 0.330 e. The van der Waals surface area contributed by atoms with Crippen molar-refractivity contribution >= 4 is 17.8 Å². The van der Waals surface area contributed by atoms with E-state index in [1.165, 1.54) is 26.0 Å². The van der Waals surface area contributed by atoms with Crippen LogP contribution in [0, 0.1) is 11.3 Å². The van der Waals surface area contributed by atoms with Crippen LogP contribution in [0.1, 0.15) is 34.6 Å². The van der Waals surface area contributed by atoms with Crippen molar-refractivity contribution in [2.45, 2.75) is 26.0 Å². The number of esters is 1. The zero-order valence-electron chi connectivity index (χ0n) is 11.0. The summed E-state index contributed by atoms with van der Waals surface area (Å²) in [7, 11) is 0. The highest BCUT2D eigenvalue weighted by Crippen LogP contribution is 2.24. The molecule has 0 saturated heterocycles. The molecule has 2 atom stereocenters. The van der Waals surface area contributed by atoms with Crippen molar-refractivity contribution in [3.63, 3.8) is 0 Å². The largest absolute Gasteiger partial charge is 0.446 e. The first-order valence-electron chi connectivity index (χ1n) is 6.04. The van der Waals surface area contributed by atoms with Crippen molar-refractivity contribution in [2.24, 2.45) is 0 Å². The molecule has 0 saturated carbocycles. The molecular formula is C14H12N2O4. The molecular weight excluding hydrogens is 260 g/mol. The Kier molecular flexibility index (Phi) is 3.53. The number of hydrogen-bond acceptors (Lipinski definition) is 5. The van der Waals surface area contributed by atoms with Crippen molar-refractivity contribution in [1.82, 2.24) is 4.90 Å². The standard InChI is InChI=1S/C14H12N2O4/c1-8(7-15)20-14(19)9(2)16-12(17)10-5-3-4-6-11(10)13(16)18/h3-6,8-9H,1-2H3/t8-,9-/m1/s1. The number of benzene rings is 1. The van der Waals surface area contributed by atoms with E-state index < -0.39 is 29.9 Å². The van der Waals surface area contributed by atoms with Gasteiger partial charge in [0, 0.05) is 0 Å². The summed E-state index contributed by atoms with van der Waals surface area (Å²) in [6.45, 7) is 2.81. The van der Waals surface area contributed by atoms with E-state index in [-0.39, 0.29) is 11.1 Å². The Labute approximate surface area is 115 Å². The third-order valence-electron chi connectivity index (χ3n) is 3.03. The van der Waals surface area contributed by atoms with Crippen LogP contribution in [0.25, 0.3) is 0 Å². The van der Waals surface area contributed by atoms with E-state index in [1.54, 1.807) is 18.2 Å². The monoisotopic (exact) mass is 272 g/mol. The summed E-state index contributed by atoms with van der Waals surface area (Å²) in [5.41, 5.74) is 0.538. The van der Waals surface area contributed by atoms with Gasteiger partial charge in [0.25, 0.3) is 11.8 Å². The molecule has 0 bridgehead atoms. The lowest BCUT2D eigenvalue weighted by Gasteiger charge is -2.21. The Balaban J connectivity index is 2.24. The first-order chi connectivity index (χ1) is 9.47. The minimum atomic E-state index is -1.07. The molecule has 1 aliphatic rings. The van der Waals surface area contributed by atoms with Gasteiger partial charge in [0.2, 0.25) is 0 Å². The highest BCUT2D eigenvalue weighted by molar-refractivity contribution is 6.22. The van der Waals surface area contributed by atoms with Crippen molar-refractivity contribution in [3.05, 3.63) is 35.4 Å². The van der Waals surface area contributed by atoms with Crippen LogP contribution < -0.4 is 0 Å². The highest BCUT2D eigenvalue weighted by Gasteiger charge is 2.41. The van der Waals surface area contributed by atoms with Crippen LogP contribution in [0.15, 0.2) is 24.3 Å². The van der Waals surface area contributed by atoms with Crippen molar-refractivity contribution in [3.8, 4) is 6.07 Å². The Hall–Kier alpha value is -2.68. The molecule has 1 aliphatic heterocycles. The molecule has 0 spiro atoms. The molecule has 20 heavy (non-hydrogen) atoms. The number of carbonyl (C=O) groups excluding carboxylic acids is 3. The van der Waals surface area contributed by atoms with Gasteiger partial charge in [-0.15, -0.1) is 0 Å². The Bertz CT molecular complexity index is 597. The topological polar surface area (TPSA) is 87.5 Å². The quantitative estimate of drug-likeness (QED) is 0.608. The predicted molar refractivity (Wildman–Crippen MR) is 67.6 cm³/mol. The van der Waals surface area contributed by atoms with E-state index in [0.29, 0.717) is 0 Å². The van der Waals surface area contributed by atoms with E-state index in [1.807, 2.05) is 0 Å². The summed E-state index contributed by atoms with van der Waals surface area (Å²) in [5.74, 6) is -1.84. The predicted octanol–water partition coefficient (Wildman–Crippen LogP) is 1.13. The third-order valence-corrected chi connectivity index (χ3v) is 3.03. The average molecular weight is 272 g/mol. The highest BCUT2D eigenvalue weighted by atomic mass is 16.5. The lowest BCUT2D eigenvalue weighted by molar-refractivity contribution is -0.150. The van der Waals surface area contributed by atoms with Crippen molar-refractivity contribution in [1.29, 1.82) is 5.26 Å². The fourth-order valence-electron chi connectivity index (χ4n) is 1.96. The Morgan fingerprint density at radius 3 is 2.15 bits per heavy atom. The summed E-state index contributed by atoms with van der Waals surface area (Å²) in [6.07, 6.45) is -0.930. The lowest BCUT2D eigenvalue weighted by Crippen LogP contribution is -2.44. The number of hydrogen-bond donors (Lipinski definition) is 0. The number of nitriles is 1. The van der Waals surface area contributed by atoms with Crippen molar-refractivity contribution < 1.29 is 19.1 Å². The number of imide groups is 1. The number of amides is 2. The van der Waals surface area contributed by atoms with Crippen LogP contribution in [0.3, 0.4) is 0 Å². The fraction of sp³-hybridized carbons (Fsp3) is 0.286. The second-order valence-electron chi connectivity index (χ2n) is 4.41. The fourth-order valence-corrected chi connectivity index (χ4v) is 1.96. The SMILES string of the molecule is C[C@H](C#N)OC(=O)[C@@H](C)N1C(=O)c2ccccc2C1=O. The number of carbonyl (C=O) groups is 3. The lowest BCUT2D eigenvalue weighted by atomic mass is 10.1. The summed E-state index contributed by atoms with van der Waals surface area (Å²) in [4.78, 5) is 37.0. The maximum Gasteiger partial charge on any atom is 0.330 e. The number of rotatable bonds is 3. The summed E-state index contributed by atoms with van der Waals surface area (Å²) < 4.78 is 4.82.